The molecule has 0 unspecified atom stereocenters. The highest BCUT2D eigenvalue weighted by Crippen LogP contribution is 2.44. The summed E-state index contributed by atoms with van der Waals surface area (Å²) in [7, 11) is 0. The van der Waals surface area contributed by atoms with Crippen LogP contribution < -0.4 is 4.74 Å². The van der Waals surface area contributed by atoms with Gasteiger partial charge in [-0.05, 0) is 63.9 Å². The second-order valence-corrected chi connectivity index (χ2v) is 11.2. The minimum atomic E-state index is -1.59. The molecule has 1 saturated heterocycles. The summed E-state index contributed by atoms with van der Waals surface area (Å²) in [4.78, 5) is 7.33. The van der Waals surface area contributed by atoms with Gasteiger partial charge in [-0.3, -0.25) is 9.80 Å². The molecule has 2 atom stereocenters. The second-order valence-electron chi connectivity index (χ2n) is 11.2. The Kier molecular flexibility index (Phi) is 7.00. The van der Waals surface area contributed by atoms with Gasteiger partial charge < -0.3 is 9.72 Å². The highest BCUT2D eigenvalue weighted by atomic mass is 19.1. The van der Waals surface area contributed by atoms with Crippen LogP contribution in [-0.2, 0) is 6.42 Å². The number of benzene rings is 2. The molecule has 3 aromatic rings. The topological polar surface area (TPSA) is 31.5 Å². The molecule has 8 heteroatoms. The molecule has 1 aromatic heterocycles. The summed E-state index contributed by atoms with van der Waals surface area (Å²) in [5.74, 6) is -1.71. The lowest BCUT2D eigenvalue weighted by molar-refractivity contribution is 0.0188. The minimum absolute atomic E-state index is 0.0190. The number of ether oxygens (including phenoxy) is 1. The van der Waals surface area contributed by atoms with E-state index >= 15 is 8.78 Å². The first-order valence-electron chi connectivity index (χ1n) is 13.2. The molecule has 0 amide bonds. The van der Waals surface area contributed by atoms with Crippen LogP contribution in [-0.4, -0.2) is 58.8 Å². The van der Waals surface area contributed by atoms with Gasteiger partial charge in [0.05, 0.1) is 6.04 Å². The molecule has 2 aliphatic rings. The monoisotopic (exact) mass is 517 g/mol. The fraction of sp³-hybridized carbons (Fsp3) is 0.517. The van der Waals surface area contributed by atoms with Gasteiger partial charge in [0.15, 0.2) is 0 Å². The molecule has 37 heavy (non-hydrogen) atoms. The van der Waals surface area contributed by atoms with E-state index in [0.29, 0.717) is 23.0 Å². The Morgan fingerprint density at radius 3 is 2.43 bits per heavy atom. The fourth-order valence-corrected chi connectivity index (χ4v) is 5.76. The lowest BCUT2D eigenvalue weighted by atomic mass is 9.87. The first-order valence-corrected chi connectivity index (χ1v) is 13.2. The Labute approximate surface area is 215 Å². The van der Waals surface area contributed by atoms with E-state index in [1.54, 1.807) is 11.0 Å². The molecule has 2 aromatic carbocycles. The third kappa shape index (κ3) is 5.23. The van der Waals surface area contributed by atoms with Crippen LogP contribution in [0.2, 0.25) is 0 Å². The van der Waals surface area contributed by atoms with E-state index in [1.807, 2.05) is 6.92 Å². The Bertz CT molecular complexity index is 1260. The van der Waals surface area contributed by atoms with E-state index in [4.69, 9.17) is 4.74 Å². The van der Waals surface area contributed by atoms with Crippen LogP contribution in [0.4, 0.5) is 17.6 Å². The van der Waals surface area contributed by atoms with Crippen molar-refractivity contribution in [3.05, 3.63) is 64.6 Å². The number of rotatable bonds is 8. The molecule has 4 nitrogen and oxygen atoms in total. The quantitative estimate of drug-likeness (QED) is 0.345. The third-order valence-corrected chi connectivity index (χ3v) is 7.51. The van der Waals surface area contributed by atoms with E-state index in [9.17, 15) is 8.78 Å². The van der Waals surface area contributed by atoms with E-state index in [1.165, 1.54) is 38.1 Å². The molecule has 0 radical (unpaired) electrons. The number of aromatic amines is 1. The second kappa shape index (κ2) is 9.95. The molecule has 5 rings (SSSR count). The SMILES string of the molecule is CCCCN1CC(Oc2cc(F)c([C@@H]3c4[nH]c5ccc(F)cc5c4C[C@@H](C)N3CC(C)(C)F)c(F)c2)C1. The Morgan fingerprint density at radius 2 is 1.78 bits per heavy atom. The van der Waals surface area contributed by atoms with E-state index < -0.39 is 23.3 Å². The average Bonchev–Trinajstić information content (AvgIpc) is 3.13. The van der Waals surface area contributed by atoms with Crippen LogP contribution in [0.5, 0.6) is 5.75 Å². The number of halogens is 4. The van der Waals surface area contributed by atoms with Crippen molar-refractivity contribution in [3.63, 3.8) is 0 Å². The molecule has 200 valence electrons. The van der Waals surface area contributed by atoms with E-state index in [-0.39, 0.29) is 35.8 Å². The largest absolute Gasteiger partial charge is 0.488 e. The van der Waals surface area contributed by atoms with Gasteiger partial charge in [0, 0.05) is 60.0 Å². The molecule has 0 aliphatic carbocycles. The van der Waals surface area contributed by atoms with E-state index in [2.05, 4.69) is 16.8 Å². The molecule has 2 aliphatic heterocycles. The standard InChI is InChI=1S/C29H35F4N3O/c1-5-6-9-35-14-20(15-35)37-19-12-23(31)26(24(32)13-19)28-27-22(10-17(2)36(28)16-29(3,4)33)21-11-18(30)7-8-25(21)34-27/h7-8,11-13,17,20,28,34H,5-6,9-10,14-16H2,1-4H3/t17-,28-/m1/s1. The minimum Gasteiger partial charge on any atom is -0.488 e. The molecule has 0 bridgehead atoms. The fourth-order valence-electron chi connectivity index (χ4n) is 5.76. The van der Waals surface area contributed by atoms with Crippen molar-refractivity contribution in [1.29, 1.82) is 0 Å². The summed E-state index contributed by atoms with van der Waals surface area (Å²) in [6.07, 6.45) is 2.63. The van der Waals surface area contributed by atoms with Crippen LogP contribution >= 0.6 is 0 Å². The van der Waals surface area contributed by atoms with Gasteiger partial charge in [-0.15, -0.1) is 0 Å². The van der Waals surface area contributed by atoms with Crippen molar-refractivity contribution >= 4 is 10.9 Å². The number of hydrogen-bond donors (Lipinski definition) is 1. The highest BCUT2D eigenvalue weighted by Gasteiger charge is 2.41. The number of aromatic nitrogens is 1. The number of fused-ring (bicyclic) bond motifs is 3. The van der Waals surface area contributed by atoms with Crippen LogP contribution in [0.25, 0.3) is 10.9 Å². The molecule has 0 saturated carbocycles. The predicted octanol–water partition coefficient (Wildman–Crippen LogP) is 6.53. The van der Waals surface area contributed by atoms with Crippen molar-refractivity contribution in [2.75, 3.05) is 26.2 Å². The number of hydrogen-bond acceptors (Lipinski definition) is 3. The molecular formula is C29H35F4N3O. The van der Waals surface area contributed by atoms with Crippen molar-refractivity contribution in [2.45, 2.75) is 70.8 Å². The maximum absolute atomic E-state index is 15.7. The molecule has 0 spiro atoms. The van der Waals surface area contributed by atoms with Gasteiger partial charge in [-0.25, -0.2) is 17.6 Å². The normalized spacial score (nSPS) is 21.3. The number of alkyl halides is 1. The highest BCUT2D eigenvalue weighted by molar-refractivity contribution is 5.85. The van der Waals surface area contributed by atoms with Crippen LogP contribution in [0.15, 0.2) is 30.3 Å². The number of H-pyrrole nitrogens is 1. The summed E-state index contributed by atoms with van der Waals surface area (Å²) in [6, 6.07) is 5.75. The van der Waals surface area contributed by atoms with Gasteiger partial charge in [-0.2, -0.15) is 0 Å². The third-order valence-electron chi connectivity index (χ3n) is 7.51. The molecule has 1 fully saturated rings. The van der Waals surface area contributed by atoms with E-state index in [0.717, 1.165) is 38.0 Å². The first kappa shape index (κ1) is 26.0. The van der Waals surface area contributed by atoms with Crippen molar-refractivity contribution < 1.29 is 22.3 Å². The van der Waals surface area contributed by atoms with Crippen LogP contribution in [0.1, 0.15) is 63.4 Å². The maximum atomic E-state index is 15.7. The maximum Gasteiger partial charge on any atom is 0.135 e. The van der Waals surface area contributed by atoms with Crippen molar-refractivity contribution in [3.8, 4) is 5.75 Å². The molecular weight excluding hydrogens is 482 g/mol. The van der Waals surface area contributed by atoms with Gasteiger partial charge in [0.25, 0.3) is 0 Å². The smallest absolute Gasteiger partial charge is 0.135 e. The van der Waals surface area contributed by atoms with Gasteiger partial charge >= 0.3 is 0 Å². The number of unbranched alkanes of at least 4 members (excludes halogenated alkanes) is 1. The summed E-state index contributed by atoms with van der Waals surface area (Å²) in [5, 5.41) is 0.685. The number of likely N-dealkylation sites (tertiary alicyclic amines) is 1. The molecule has 3 heterocycles. The van der Waals surface area contributed by atoms with Crippen LogP contribution in [0.3, 0.4) is 0 Å². The Balaban J connectivity index is 1.51. The zero-order valence-electron chi connectivity index (χ0n) is 21.9. The summed E-state index contributed by atoms with van der Waals surface area (Å²) in [6.45, 7) is 9.41. The predicted molar refractivity (Wildman–Crippen MR) is 137 cm³/mol. The lowest BCUT2D eigenvalue weighted by Gasteiger charge is -2.43. The summed E-state index contributed by atoms with van der Waals surface area (Å²) in [5.41, 5.74) is 0.310. The van der Waals surface area contributed by atoms with Gasteiger partial charge in [-0.1, -0.05) is 13.3 Å². The zero-order valence-corrected chi connectivity index (χ0v) is 21.9. The number of nitrogens with one attached hydrogen (secondary N) is 1. The van der Waals surface area contributed by atoms with Gasteiger partial charge in [0.2, 0.25) is 0 Å². The molecule has 1 N–H and O–H groups in total. The summed E-state index contributed by atoms with van der Waals surface area (Å²) >= 11 is 0. The Morgan fingerprint density at radius 1 is 1.08 bits per heavy atom. The lowest BCUT2D eigenvalue weighted by Crippen LogP contribution is -2.53. The van der Waals surface area contributed by atoms with Crippen molar-refractivity contribution in [2.24, 2.45) is 0 Å². The van der Waals surface area contributed by atoms with Crippen molar-refractivity contribution in [1.82, 2.24) is 14.8 Å². The summed E-state index contributed by atoms with van der Waals surface area (Å²) < 4.78 is 66.4. The van der Waals surface area contributed by atoms with Gasteiger partial charge in [0.1, 0.15) is 35.0 Å². The average molecular weight is 518 g/mol. The van der Waals surface area contributed by atoms with Crippen LogP contribution in [0, 0.1) is 17.5 Å². The Hall–Kier alpha value is -2.58. The number of nitrogens with zero attached hydrogens (tertiary/aromatic N) is 2. The first-order chi connectivity index (χ1) is 17.5. The zero-order chi connectivity index (χ0) is 26.5.